The van der Waals surface area contributed by atoms with Crippen LogP contribution in [0.25, 0.3) is 11.0 Å². The lowest BCUT2D eigenvalue weighted by Crippen LogP contribution is -2.50. The number of benzene rings is 2. The van der Waals surface area contributed by atoms with Crippen molar-refractivity contribution < 1.29 is 13.2 Å². The third-order valence-corrected chi connectivity index (χ3v) is 7.25. The molecule has 1 amide bonds. The molecule has 4 rings (SSSR count). The van der Waals surface area contributed by atoms with Gasteiger partial charge < -0.3 is 4.90 Å². The molecular formula is C21H22N4O3S. The molecule has 3 aromatic rings. The van der Waals surface area contributed by atoms with E-state index in [0.717, 1.165) is 16.6 Å². The van der Waals surface area contributed by atoms with Crippen LogP contribution in [0.15, 0.2) is 53.7 Å². The number of hydrogen-bond acceptors (Lipinski definition) is 5. The monoisotopic (exact) mass is 410 g/mol. The van der Waals surface area contributed by atoms with Gasteiger partial charge in [-0.15, -0.1) is 0 Å². The highest BCUT2D eigenvalue weighted by molar-refractivity contribution is 7.89. The molecule has 1 fully saturated rings. The number of rotatable bonds is 3. The number of piperazine rings is 1. The largest absolute Gasteiger partial charge is 0.336 e. The zero-order chi connectivity index (χ0) is 20.6. The Kier molecular flexibility index (Phi) is 5.06. The van der Waals surface area contributed by atoms with Crippen LogP contribution in [0.4, 0.5) is 0 Å². The van der Waals surface area contributed by atoms with Gasteiger partial charge in [0.2, 0.25) is 10.0 Å². The predicted octanol–water partition coefficient (Wildman–Crippen LogP) is 2.39. The van der Waals surface area contributed by atoms with E-state index in [1.54, 1.807) is 41.6 Å². The molecule has 0 N–H and O–H groups in total. The number of sulfonamides is 1. The second kappa shape index (κ2) is 7.53. The molecule has 0 unspecified atom stereocenters. The number of hydrogen-bond donors (Lipinski definition) is 0. The van der Waals surface area contributed by atoms with Crippen molar-refractivity contribution in [3.05, 3.63) is 65.5 Å². The third kappa shape index (κ3) is 3.73. The zero-order valence-electron chi connectivity index (χ0n) is 16.4. The summed E-state index contributed by atoms with van der Waals surface area (Å²) < 4.78 is 27.5. The van der Waals surface area contributed by atoms with Crippen LogP contribution in [0.3, 0.4) is 0 Å². The van der Waals surface area contributed by atoms with Crippen LogP contribution in [-0.4, -0.2) is 59.7 Å². The number of carbonyl (C=O) groups excluding carboxylic acids is 1. The molecule has 1 aromatic heterocycles. The van der Waals surface area contributed by atoms with Crippen molar-refractivity contribution in [2.75, 3.05) is 26.2 Å². The van der Waals surface area contributed by atoms with Crippen molar-refractivity contribution in [2.45, 2.75) is 18.7 Å². The fraction of sp³-hybridized carbons (Fsp3) is 0.286. The summed E-state index contributed by atoms with van der Waals surface area (Å²) >= 11 is 0. The quantitative estimate of drug-likeness (QED) is 0.662. The minimum Gasteiger partial charge on any atom is -0.336 e. The number of fused-ring (bicyclic) bond motifs is 1. The molecular weight excluding hydrogens is 388 g/mol. The Morgan fingerprint density at radius 3 is 2.28 bits per heavy atom. The molecule has 0 atom stereocenters. The van der Waals surface area contributed by atoms with E-state index in [4.69, 9.17) is 0 Å². The SMILES string of the molecule is Cc1ccc(S(=O)(=O)N2CCN(C(=O)c3ccc4nccnc4c3)CC2)c(C)c1. The standard InChI is InChI=1S/C21H22N4O3S/c1-15-3-6-20(16(2)13-15)29(27,28)25-11-9-24(10-12-25)21(26)17-4-5-18-19(14-17)23-8-7-22-18/h3-8,13-14H,9-12H2,1-2H3. The van der Waals surface area contributed by atoms with Gasteiger partial charge in [-0.2, -0.15) is 4.31 Å². The van der Waals surface area contributed by atoms with Crippen LogP contribution in [0.5, 0.6) is 0 Å². The molecule has 1 aliphatic rings. The van der Waals surface area contributed by atoms with Gasteiger partial charge in [0.15, 0.2) is 0 Å². The fourth-order valence-electron chi connectivity index (χ4n) is 3.64. The Bertz CT molecular complexity index is 1190. The molecule has 2 heterocycles. The van der Waals surface area contributed by atoms with Crippen molar-refractivity contribution in [3.63, 3.8) is 0 Å². The predicted molar refractivity (Wildman–Crippen MR) is 110 cm³/mol. The summed E-state index contributed by atoms with van der Waals surface area (Å²) in [6.07, 6.45) is 3.20. The molecule has 2 aromatic carbocycles. The van der Waals surface area contributed by atoms with E-state index < -0.39 is 10.0 Å². The molecule has 0 saturated carbocycles. The second-order valence-corrected chi connectivity index (χ2v) is 9.13. The molecule has 29 heavy (non-hydrogen) atoms. The normalized spacial score (nSPS) is 15.6. The summed E-state index contributed by atoms with van der Waals surface area (Å²) in [7, 11) is -3.57. The van der Waals surface area contributed by atoms with Gasteiger partial charge >= 0.3 is 0 Å². The van der Waals surface area contributed by atoms with E-state index in [9.17, 15) is 13.2 Å². The third-order valence-electron chi connectivity index (χ3n) is 5.19. The Balaban J connectivity index is 1.49. The maximum absolute atomic E-state index is 13.0. The van der Waals surface area contributed by atoms with E-state index in [1.165, 1.54) is 4.31 Å². The summed E-state index contributed by atoms with van der Waals surface area (Å²) in [5.41, 5.74) is 3.68. The van der Waals surface area contributed by atoms with Gasteiger partial charge in [-0.25, -0.2) is 8.42 Å². The van der Waals surface area contributed by atoms with Crippen LogP contribution in [0.1, 0.15) is 21.5 Å². The molecule has 150 valence electrons. The summed E-state index contributed by atoms with van der Waals surface area (Å²) in [5.74, 6) is -0.124. The lowest BCUT2D eigenvalue weighted by Gasteiger charge is -2.34. The smallest absolute Gasteiger partial charge is 0.254 e. The zero-order valence-corrected chi connectivity index (χ0v) is 17.2. The lowest BCUT2D eigenvalue weighted by atomic mass is 10.1. The molecule has 1 aliphatic heterocycles. The van der Waals surface area contributed by atoms with Crippen LogP contribution in [0.2, 0.25) is 0 Å². The summed E-state index contributed by atoms with van der Waals surface area (Å²) in [6, 6.07) is 10.6. The maximum atomic E-state index is 13.0. The molecule has 0 bridgehead atoms. The Morgan fingerprint density at radius 1 is 0.897 bits per heavy atom. The highest BCUT2D eigenvalue weighted by atomic mass is 32.2. The van der Waals surface area contributed by atoms with Crippen LogP contribution in [0, 0.1) is 13.8 Å². The number of amides is 1. The van der Waals surface area contributed by atoms with Gasteiger partial charge in [0, 0.05) is 44.1 Å². The molecule has 0 aliphatic carbocycles. The number of nitrogens with zero attached hydrogens (tertiary/aromatic N) is 4. The number of aromatic nitrogens is 2. The Labute approximate surface area is 170 Å². The maximum Gasteiger partial charge on any atom is 0.254 e. The van der Waals surface area contributed by atoms with Crippen LogP contribution in [-0.2, 0) is 10.0 Å². The van der Waals surface area contributed by atoms with Gasteiger partial charge in [-0.1, -0.05) is 17.7 Å². The lowest BCUT2D eigenvalue weighted by molar-refractivity contribution is 0.0698. The first kappa shape index (κ1) is 19.5. The topological polar surface area (TPSA) is 83.5 Å². The van der Waals surface area contributed by atoms with Gasteiger partial charge in [0.25, 0.3) is 5.91 Å². The van der Waals surface area contributed by atoms with Crippen molar-refractivity contribution >= 4 is 27.0 Å². The van der Waals surface area contributed by atoms with Gasteiger partial charge in [0.1, 0.15) is 0 Å². The first-order chi connectivity index (χ1) is 13.9. The van der Waals surface area contributed by atoms with E-state index in [1.807, 2.05) is 26.0 Å². The molecule has 7 nitrogen and oxygen atoms in total. The number of aryl methyl sites for hydroxylation is 2. The van der Waals surface area contributed by atoms with E-state index >= 15 is 0 Å². The second-order valence-electron chi connectivity index (χ2n) is 7.23. The molecule has 8 heteroatoms. The van der Waals surface area contributed by atoms with Gasteiger partial charge in [-0.3, -0.25) is 14.8 Å². The Morgan fingerprint density at radius 2 is 1.59 bits per heavy atom. The van der Waals surface area contributed by atoms with Gasteiger partial charge in [0.05, 0.1) is 15.9 Å². The summed E-state index contributed by atoms with van der Waals surface area (Å²) in [5, 5.41) is 0. The average Bonchev–Trinajstić information content (AvgIpc) is 2.72. The minimum absolute atomic E-state index is 0.124. The highest BCUT2D eigenvalue weighted by Crippen LogP contribution is 2.23. The van der Waals surface area contributed by atoms with Crippen molar-refractivity contribution in [3.8, 4) is 0 Å². The molecule has 1 saturated heterocycles. The van der Waals surface area contributed by atoms with Crippen molar-refractivity contribution in [1.82, 2.24) is 19.2 Å². The van der Waals surface area contributed by atoms with Crippen molar-refractivity contribution in [2.24, 2.45) is 0 Å². The van der Waals surface area contributed by atoms with Crippen LogP contribution >= 0.6 is 0 Å². The van der Waals surface area contributed by atoms with E-state index in [2.05, 4.69) is 9.97 Å². The van der Waals surface area contributed by atoms with Crippen LogP contribution < -0.4 is 0 Å². The minimum atomic E-state index is -3.57. The Hall–Kier alpha value is -2.84. The number of carbonyl (C=O) groups is 1. The van der Waals surface area contributed by atoms with Crippen molar-refractivity contribution in [1.29, 1.82) is 0 Å². The first-order valence-electron chi connectivity index (χ1n) is 9.44. The summed E-state index contributed by atoms with van der Waals surface area (Å²) in [4.78, 5) is 23.3. The van der Waals surface area contributed by atoms with Gasteiger partial charge in [-0.05, 0) is 43.7 Å². The molecule has 0 radical (unpaired) electrons. The fourth-order valence-corrected chi connectivity index (χ4v) is 5.27. The first-order valence-corrected chi connectivity index (χ1v) is 10.9. The molecule has 0 spiro atoms. The van der Waals surface area contributed by atoms with E-state index in [-0.39, 0.29) is 19.0 Å². The van der Waals surface area contributed by atoms with E-state index in [0.29, 0.717) is 29.1 Å². The highest BCUT2D eigenvalue weighted by Gasteiger charge is 2.31. The average molecular weight is 410 g/mol. The summed E-state index contributed by atoms with van der Waals surface area (Å²) in [6.45, 7) is 4.99.